The van der Waals surface area contributed by atoms with E-state index in [1.165, 1.54) is 25.4 Å². The van der Waals surface area contributed by atoms with Crippen LogP contribution in [0.5, 0.6) is 0 Å². The highest BCUT2D eigenvalue weighted by atomic mass is 35.5. The van der Waals surface area contributed by atoms with E-state index in [1.54, 1.807) is 30.3 Å². The van der Waals surface area contributed by atoms with Gasteiger partial charge in [0.2, 0.25) is 0 Å². The Hall–Kier alpha value is -2.74. The lowest BCUT2D eigenvalue weighted by Gasteiger charge is -2.38. The molecule has 7 rings (SSSR count). The van der Waals surface area contributed by atoms with Crippen LogP contribution >= 0.6 is 34.5 Å². The number of benzene rings is 2. The van der Waals surface area contributed by atoms with Gasteiger partial charge in [0.05, 0.1) is 33.0 Å². The van der Waals surface area contributed by atoms with E-state index in [9.17, 15) is 13.2 Å². The number of hydrogen-bond donors (Lipinski definition) is 1. The van der Waals surface area contributed by atoms with Gasteiger partial charge in [0.1, 0.15) is 11.5 Å². The van der Waals surface area contributed by atoms with Crippen molar-refractivity contribution < 1.29 is 22.5 Å². The van der Waals surface area contributed by atoms with Gasteiger partial charge in [0.25, 0.3) is 5.91 Å². The third-order valence-electron chi connectivity index (χ3n) is 8.68. The number of piperidine rings is 1. The van der Waals surface area contributed by atoms with Gasteiger partial charge in [-0.15, -0.1) is 0 Å². The summed E-state index contributed by atoms with van der Waals surface area (Å²) in [7, 11) is -1.15. The molecule has 14 heteroatoms. The minimum atomic E-state index is -3.88. The van der Waals surface area contributed by atoms with Crippen LogP contribution in [0.2, 0.25) is 10.0 Å². The quantitative estimate of drug-likeness (QED) is 0.217. The molecule has 1 unspecified atom stereocenters. The molecule has 3 atom stereocenters. The van der Waals surface area contributed by atoms with Crippen molar-refractivity contribution in [3.8, 4) is 11.3 Å². The molecule has 2 aromatic carbocycles. The lowest BCUT2D eigenvalue weighted by atomic mass is 10.00. The maximum absolute atomic E-state index is 12.6. The van der Waals surface area contributed by atoms with Crippen LogP contribution in [0, 0.1) is 0 Å². The molecule has 4 heterocycles. The Morgan fingerprint density at radius 2 is 1.82 bits per heavy atom. The molecular formula is C30H31Cl2N5O5S2. The van der Waals surface area contributed by atoms with Gasteiger partial charge in [-0.05, 0) is 68.9 Å². The van der Waals surface area contributed by atoms with E-state index >= 15 is 0 Å². The summed E-state index contributed by atoms with van der Waals surface area (Å²) in [5, 5.41) is 6.37. The molecule has 1 N–H and O–H groups in total. The number of thiazole rings is 1. The highest BCUT2D eigenvalue weighted by Gasteiger charge is 2.43. The number of fused-ring (bicyclic) bond motifs is 3. The molecule has 0 radical (unpaired) electrons. The average molecular weight is 677 g/mol. The topological polar surface area (TPSA) is 118 Å². The number of carbonyl (C=O) groups is 1. The first-order valence-electron chi connectivity index (χ1n) is 14.6. The van der Waals surface area contributed by atoms with Crippen LogP contribution in [0.4, 0.5) is 5.13 Å². The minimum Gasteiger partial charge on any atom is -0.373 e. The number of nitrogens with one attached hydrogen (secondary N) is 1. The van der Waals surface area contributed by atoms with Crippen molar-refractivity contribution in [2.45, 2.75) is 69.2 Å². The van der Waals surface area contributed by atoms with E-state index in [2.05, 4.69) is 14.8 Å². The molecule has 4 aromatic rings. The van der Waals surface area contributed by atoms with Crippen molar-refractivity contribution in [3.05, 3.63) is 63.3 Å². The summed E-state index contributed by atoms with van der Waals surface area (Å²) >= 11 is 14.6. The van der Waals surface area contributed by atoms with Gasteiger partial charge in [-0.3, -0.25) is 4.79 Å². The van der Waals surface area contributed by atoms with E-state index in [1.807, 2.05) is 6.07 Å². The Kier molecular flexibility index (Phi) is 7.87. The van der Waals surface area contributed by atoms with Crippen molar-refractivity contribution in [2.24, 2.45) is 0 Å². The Morgan fingerprint density at radius 1 is 1.11 bits per heavy atom. The summed E-state index contributed by atoms with van der Waals surface area (Å²) in [6, 6.07) is 11.1. The summed E-state index contributed by atoms with van der Waals surface area (Å²) in [5.41, 5.74) is 3.31. The summed E-state index contributed by atoms with van der Waals surface area (Å²) in [6.45, 7) is 0.381. The van der Waals surface area contributed by atoms with E-state index in [-0.39, 0.29) is 23.8 Å². The van der Waals surface area contributed by atoms with E-state index in [0.29, 0.717) is 33.8 Å². The monoisotopic (exact) mass is 675 g/mol. The van der Waals surface area contributed by atoms with Crippen molar-refractivity contribution in [1.82, 2.24) is 19.2 Å². The number of hydrogen-bond acceptors (Lipinski definition) is 9. The second-order valence-electron chi connectivity index (χ2n) is 11.8. The van der Waals surface area contributed by atoms with Crippen molar-refractivity contribution >= 4 is 66.0 Å². The smallest absolute Gasteiger partial charge is 0.303 e. The number of nitrogens with zero attached hydrogens (tertiary/aromatic N) is 4. The van der Waals surface area contributed by atoms with Crippen LogP contribution in [0.3, 0.4) is 0 Å². The highest BCUT2D eigenvalue weighted by molar-refractivity contribution is 7.87. The summed E-state index contributed by atoms with van der Waals surface area (Å²) in [6.07, 6.45) is 6.07. The van der Waals surface area contributed by atoms with Crippen molar-refractivity contribution in [2.75, 3.05) is 19.0 Å². The number of aromatic nitrogens is 2. The van der Waals surface area contributed by atoms with Crippen LogP contribution in [0.15, 0.2) is 40.9 Å². The summed E-state index contributed by atoms with van der Waals surface area (Å²) in [4.78, 5) is 19.9. The number of amides is 1. The second-order valence-corrected chi connectivity index (χ2v) is 15.5. The fourth-order valence-corrected chi connectivity index (χ4v) is 8.52. The number of carbonyl (C=O) groups excluding carboxylic acids is 1. The van der Waals surface area contributed by atoms with Crippen LogP contribution in [0.1, 0.15) is 66.1 Å². The fourth-order valence-electron chi connectivity index (χ4n) is 6.26. The van der Waals surface area contributed by atoms with Crippen molar-refractivity contribution in [3.63, 3.8) is 0 Å². The van der Waals surface area contributed by atoms with Gasteiger partial charge < -0.3 is 14.2 Å². The SMILES string of the molecule is CN(C)S(=O)(=O)NC(=O)c1ccc2nc(N3C4CC[C@H]3C[C@H](OCc3c(-c5c(Cl)cccc5Cl)noc3C3CC3)C4)sc2c1. The van der Waals surface area contributed by atoms with Gasteiger partial charge in [-0.2, -0.15) is 12.7 Å². The van der Waals surface area contributed by atoms with Gasteiger partial charge in [-0.25, -0.2) is 9.71 Å². The molecule has 0 spiro atoms. The number of rotatable bonds is 9. The molecule has 2 bridgehead atoms. The van der Waals surface area contributed by atoms with Gasteiger partial charge >= 0.3 is 10.2 Å². The summed E-state index contributed by atoms with van der Waals surface area (Å²) in [5.74, 6) is 0.557. The maximum atomic E-state index is 12.6. The molecule has 2 saturated heterocycles. The van der Waals surface area contributed by atoms with E-state index in [0.717, 1.165) is 69.5 Å². The van der Waals surface area contributed by atoms with Crippen LogP contribution in [0.25, 0.3) is 21.5 Å². The Balaban J connectivity index is 1.06. The Labute approximate surface area is 269 Å². The number of anilines is 1. The number of halogens is 2. The zero-order valence-electron chi connectivity index (χ0n) is 24.1. The fraction of sp³-hybridized carbons (Fsp3) is 0.433. The second kappa shape index (κ2) is 11.6. The molecule has 1 aliphatic carbocycles. The molecule has 2 aliphatic heterocycles. The molecule has 44 heavy (non-hydrogen) atoms. The van der Waals surface area contributed by atoms with Gasteiger partial charge in [0.15, 0.2) is 5.13 Å². The third kappa shape index (κ3) is 5.60. The van der Waals surface area contributed by atoms with E-state index in [4.69, 9.17) is 37.4 Å². The molecule has 232 valence electrons. The normalized spacial score (nSPS) is 21.8. The molecule has 1 amide bonds. The molecule has 3 fully saturated rings. The number of ether oxygens (including phenoxy) is 1. The van der Waals surface area contributed by atoms with Gasteiger partial charge in [0, 0.05) is 48.8 Å². The minimum absolute atomic E-state index is 0.0728. The zero-order valence-corrected chi connectivity index (χ0v) is 27.3. The average Bonchev–Trinajstić information content (AvgIpc) is 3.51. The lowest BCUT2D eigenvalue weighted by Crippen LogP contribution is -2.45. The first kappa shape index (κ1) is 29.9. The Bertz CT molecular complexity index is 1820. The molecule has 3 aliphatic rings. The van der Waals surface area contributed by atoms with Crippen LogP contribution in [-0.2, 0) is 21.6 Å². The largest absolute Gasteiger partial charge is 0.373 e. The molecule has 2 aromatic heterocycles. The first-order valence-corrected chi connectivity index (χ1v) is 17.6. The standard InChI is InChI=1S/C30H31Cl2N5O5S2/c1-36(2)44(39,40)35-29(38)17-8-11-24-25(12-17)43-30(33-24)37-18-9-10-19(37)14-20(13-18)41-15-21-27(34-42-28(21)16-6-7-16)26-22(31)4-3-5-23(26)32/h3-5,8,11-12,16,18-20H,6-7,9-10,13-15H2,1-2H3,(H,35,38)/t18-,19?,20-/m0/s1. The van der Waals surface area contributed by atoms with Crippen LogP contribution in [-0.4, -0.2) is 61.1 Å². The molecule has 10 nitrogen and oxygen atoms in total. The van der Waals surface area contributed by atoms with Gasteiger partial charge in [-0.1, -0.05) is 45.8 Å². The molecule has 1 saturated carbocycles. The van der Waals surface area contributed by atoms with Crippen molar-refractivity contribution in [1.29, 1.82) is 0 Å². The van der Waals surface area contributed by atoms with E-state index < -0.39 is 16.1 Å². The molecular weight excluding hydrogens is 645 g/mol. The third-order valence-corrected chi connectivity index (χ3v) is 11.7. The predicted octanol–water partition coefficient (Wildman–Crippen LogP) is 6.39. The Morgan fingerprint density at radius 3 is 2.48 bits per heavy atom. The predicted molar refractivity (Wildman–Crippen MR) is 171 cm³/mol. The maximum Gasteiger partial charge on any atom is 0.303 e. The lowest BCUT2D eigenvalue weighted by molar-refractivity contribution is 0.0147. The summed E-state index contributed by atoms with van der Waals surface area (Å²) < 4.78 is 40.5. The van der Waals surface area contributed by atoms with Crippen LogP contribution < -0.4 is 9.62 Å². The highest BCUT2D eigenvalue weighted by Crippen LogP contribution is 2.47. The zero-order chi connectivity index (χ0) is 30.7. The first-order chi connectivity index (χ1) is 21.1.